The molecule has 10 heavy (non-hydrogen) atoms. The minimum absolute atomic E-state index is 0.282. The van der Waals surface area contributed by atoms with E-state index < -0.39 is 18.1 Å². The van der Waals surface area contributed by atoms with Crippen LogP contribution >= 0.6 is 12.0 Å². The van der Waals surface area contributed by atoms with Crippen molar-refractivity contribution < 1.29 is 17.8 Å². The van der Waals surface area contributed by atoms with Gasteiger partial charge in [-0.05, 0) is 0 Å². The number of hydrogen-bond donors (Lipinski definition) is 1. The van der Waals surface area contributed by atoms with Gasteiger partial charge in [0.15, 0.2) is 0 Å². The third-order valence-electron chi connectivity index (χ3n) is 0.513. The Morgan fingerprint density at radius 2 is 2.30 bits per heavy atom. The first-order chi connectivity index (χ1) is 4.66. The summed E-state index contributed by atoms with van der Waals surface area (Å²) in [5.41, 5.74) is 4.81. The molecule has 3 nitrogen and oxygen atoms in total. The highest BCUT2D eigenvalue weighted by Gasteiger charge is 2.05. The van der Waals surface area contributed by atoms with Gasteiger partial charge in [-0.1, -0.05) is 0 Å². The fourth-order valence-corrected chi connectivity index (χ4v) is 0.556. The summed E-state index contributed by atoms with van der Waals surface area (Å²) < 4.78 is 26.9. The Morgan fingerprint density at radius 3 is 2.70 bits per heavy atom. The average molecular weight is 171 g/mol. The van der Waals surface area contributed by atoms with Crippen LogP contribution in [-0.2, 0) is 8.98 Å². The second kappa shape index (κ2) is 5.43. The van der Waals surface area contributed by atoms with Gasteiger partial charge in [-0.2, -0.15) is 0 Å². The van der Waals surface area contributed by atoms with Crippen LogP contribution in [0.15, 0.2) is 0 Å². The van der Waals surface area contributed by atoms with E-state index in [0.717, 1.165) is 0 Å². The van der Waals surface area contributed by atoms with Gasteiger partial charge in [0.2, 0.25) is 0 Å². The second-order valence-electron chi connectivity index (χ2n) is 1.34. The molecule has 0 aromatic carbocycles. The van der Waals surface area contributed by atoms with E-state index in [4.69, 9.17) is 5.73 Å². The number of hydrogen-bond acceptors (Lipinski definition) is 4. The molecule has 0 atom stereocenters. The number of halogens is 2. The van der Waals surface area contributed by atoms with Crippen LogP contribution in [0.5, 0.6) is 0 Å². The molecule has 0 unspecified atom stereocenters. The van der Waals surface area contributed by atoms with Crippen LogP contribution in [0.4, 0.5) is 8.78 Å². The molecule has 0 spiro atoms. The third-order valence-corrected chi connectivity index (χ3v) is 1.20. The van der Waals surface area contributed by atoms with Crippen molar-refractivity contribution in [3.8, 4) is 0 Å². The molecular weight excluding hydrogens is 164 g/mol. The molecule has 0 bridgehead atoms. The van der Waals surface area contributed by atoms with Crippen LogP contribution < -0.4 is 5.73 Å². The zero-order valence-electron chi connectivity index (χ0n) is 5.05. The Morgan fingerprint density at radius 1 is 1.70 bits per heavy atom. The number of nitrogens with two attached hydrogens (primary N) is 1. The van der Waals surface area contributed by atoms with Crippen molar-refractivity contribution in [2.24, 2.45) is 5.73 Å². The molecule has 0 aliphatic heterocycles. The van der Waals surface area contributed by atoms with Crippen LogP contribution in [0.2, 0.25) is 0 Å². The quantitative estimate of drug-likeness (QED) is 0.622. The van der Waals surface area contributed by atoms with E-state index in [1.807, 2.05) is 0 Å². The molecule has 0 aliphatic carbocycles. The average Bonchev–Trinajstić information content (AvgIpc) is 1.87. The van der Waals surface area contributed by atoms with Crippen molar-refractivity contribution in [1.82, 2.24) is 0 Å². The van der Waals surface area contributed by atoms with Crippen molar-refractivity contribution >= 4 is 18.0 Å². The monoisotopic (exact) mass is 171 g/mol. The summed E-state index contributed by atoms with van der Waals surface area (Å²) in [4.78, 5) is 10.2. The molecule has 2 N–H and O–H groups in total. The normalized spacial score (nSPS) is 10.0. The molecular formula is C4H7F2NO2S. The molecule has 0 saturated heterocycles. The second-order valence-corrected chi connectivity index (χ2v) is 2.07. The molecule has 6 heteroatoms. The van der Waals surface area contributed by atoms with Crippen molar-refractivity contribution in [3.63, 3.8) is 0 Å². The Bertz CT molecular complexity index is 111. The summed E-state index contributed by atoms with van der Waals surface area (Å²) in [5.74, 6) is -1.20. The Balaban J connectivity index is 3.12. The lowest BCUT2D eigenvalue weighted by Gasteiger charge is -1.98. The Labute approximate surface area is 61.1 Å². The van der Waals surface area contributed by atoms with E-state index >= 15 is 0 Å². The summed E-state index contributed by atoms with van der Waals surface area (Å²) in [5, 5.41) is 0. The first-order valence-corrected chi connectivity index (χ1v) is 3.38. The van der Waals surface area contributed by atoms with Gasteiger partial charge >= 0.3 is 5.97 Å². The number of carbonyl (C=O) groups excluding carboxylic acids is 1. The third kappa shape index (κ3) is 5.77. The van der Waals surface area contributed by atoms with Crippen LogP contribution in [0.3, 0.4) is 0 Å². The Kier molecular flexibility index (Phi) is 5.23. The van der Waals surface area contributed by atoms with Crippen LogP contribution in [0.25, 0.3) is 0 Å². The van der Waals surface area contributed by atoms with Crippen molar-refractivity contribution in [2.75, 3.05) is 12.3 Å². The standard InChI is InChI=1S/C4H7F2NO2S/c5-3(6)2-10-9-4(8)1-7/h3H,1-2,7H2. The molecule has 0 aromatic heterocycles. The molecule has 0 aromatic rings. The van der Waals surface area contributed by atoms with E-state index in [1.54, 1.807) is 0 Å². The molecule has 0 saturated carbocycles. The molecule has 0 fully saturated rings. The Hall–Kier alpha value is -0.360. The maximum Gasteiger partial charge on any atom is 0.331 e. The number of alkyl halides is 2. The van der Waals surface area contributed by atoms with E-state index in [9.17, 15) is 13.6 Å². The van der Waals surface area contributed by atoms with Gasteiger partial charge < -0.3 is 9.92 Å². The lowest BCUT2D eigenvalue weighted by Crippen LogP contribution is -2.14. The minimum atomic E-state index is -2.46. The minimum Gasteiger partial charge on any atom is -0.390 e. The van der Waals surface area contributed by atoms with Crippen molar-refractivity contribution in [3.05, 3.63) is 0 Å². The maximum atomic E-state index is 11.3. The van der Waals surface area contributed by atoms with Gasteiger partial charge in [0.1, 0.15) is 0 Å². The van der Waals surface area contributed by atoms with E-state index in [1.165, 1.54) is 0 Å². The van der Waals surface area contributed by atoms with E-state index in [-0.39, 0.29) is 6.54 Å². The van der Waals surface area contributed by atoms with E-state index in [2.05, 4.69) is 4.18 Å². The highest BCUT2D eigenvalue weighted by Crippen LogP contribution is 2.07. The molecule has 60 valence electrons. The van der Waals surface area contributed by atoms with Gasteiger partial charge in [-0.25, -0.2) is 13.6 Å². The van der Waals surface area contributed by atoms with Gasteiger partial charge in [0, 0.05) is 0 Å². The molecule has 0 amide bonds. The predicted octanol–water partition coefficient (Wildman–Crippen LogP) is 0.402. The van der Waals surface area contributed by atoms with Crippen LogP contribution in [-0.4, -0.2) is 24.7 Å². The number of rotatable bonds is 4. The zero-order chi connectivity index (χ0) is 7.98. The van der Waals surface area contributed by atoms with Crippen LogP contribution in [0, 0.1) is 0 Å². The lowest BCUT2D eigenvalue weighted by atomic mass is 10.7. The smallest absolute Gasteiger partial charge is 0.331 e. The predicted molar refractivity (Wildman–Crippen MR) is 33.6 cm³/mol. The SMILES string of the molecule is NCC(=O)OSCC(F)F. The maximum absolute atomic E-state index is 11.3. The fraction of sp³-hybridized carbons (Fsp3) is 0.750. The highest BCUT2D eigenvalue weighted by atomic mass is 32.2. The zero-order valence-corrected chi connectivity index (χ0v) is 5.87. The van der Waals surface area contributed by atoms with Gasteiger partial charge in [0.05, 0.1) is 24.3 Å². The van der Waals surface area contributed by atoms with Crippen molar-refractivity contribution in [2.45, 2.75) is 6.43 Å². The molecule has 0 heterocycles. The number of carbonyl (C=O) groups is 1. The molecule has 0 rings (SSSR count). The lowest BCUT2D eigenvalue weighted by molar-refractivity contribution is -0.131. The fourth-order valence-electron chi connectivity index (χ4n) is 0.185. The first-order valence-electron chi connectivity index (χ1n) is 2.47. The topological polar surface area (TPSA) is 52.3 Å². The van der Waals surface area contributed by atoms with Gasteiger partial charge in [-0.3, -0.25) is 0 Å². The van der Waals surface area contributed by atoms with Gasteiger partial charge in [-0.15, -0.1) is 0 Å². The molecule has 0 aliphatic rings. The summed E-state index contributed by atoms with van der Waals surface area (Å²) in [6.45, 7) is -0.282. The summed E-state index contributed by atoms with van der Waals surface area (Å²) in [7, 11) is 0. The summed E-state index contributed by atoms with van der Waals surface area (Å²) in [6, 6.07) is 0. The molecule has 0 radical (unpaired) electrons. The van der Waals surface area contributed by atoms with Crippen LogP contribution in [0.1, 0.15) is 0 Å². The first kappa shape index (κ1) is 9.64. The largest absolute Gasteiger partial charge is 0.390 e. The summed E-state index contributed by atoms with van der Waals surface area (Å²) >= 11 is 0.414. The summed E-state index contributed by atoms with van der Waals surface area (Å²) in [6.07, 6.45) is -2.46. The van der Waals surface area contributed by atoms with Crippen molar-refractivity contribution in [1.29, 1.82) is 0 Å². The highest BCUT2D eigenvalue weighted by molar-refractivity contribution is 7.95. The van der Waals surface area contributed by atoms with Gasteiger partial charge in [0.25, 0.3) is 6.43 Å². The van der Waals surface area contributed by atoms with E-state index in [0.29, 0.717) is 12.0 Å².